The maximum Gasteiger partial charge on any atom is 0.228 e. The standard InChI is InChI=1S/C23H24FN3OS/c1-16-25-13-22(29-16)15-27-11-3-5-19(14-27)23(28)26-21-6-2-4-18(12-21)17-7-9-20(24)10-8-17/h2,4,6-10,12-13,19H,3,5,11,14-15H2,1H3,(H,26,28). The number of aromatic nitrogens is 1. The molecule has 2 heterocycles. The molecule has 0 radical (unpaired) electrons. The van der Waals surface area contributed by atoms with Gasteiger partial charge in [0.05, 0.1) is 10.9 Å². The Morgan fingerprint density at radius 2 is 2.07 bits per heavy atom. The fourth-order valence-corrected chi connectivity index (χ4v) is 4.61. The molecule has 1 atom stereocenters. The van der Waals surface area contributed by atoms with Gasteiger partial charge >= 0.3 is 0 Å². The highest BCUT2D eigenvalue weighted by Crippen LogP contribution is 2.25. The molecule has 0 bridgehead atoms. The topological polar surface area (TPSA) is 45.2 Å². The average Bonchev–Trinajstić information content (AvgIpc) is 3.13. The van der Waals surface area contributed by atoms with Crippen LogP contribution < -0.4 is 5.32 Å². The summed E-state index contributed by atoms with van der Waals surface area (Å²) >= 11 is 1.72. The lowest BCUT2D eigenvalue weighted by Crippen LogP contribution is -2.40. The molecule has 4 nitrogen and oxygen atoms in total. The van der Waals surface area contributed by atoms with Gasteiger partial charge in [0.2, 0.25) is 5.91 Å². The molecule has 1 N–H and O–H groups in total. The van der Waals surface area contributed by atoms with Gasteiger partial charge in [0.15, 0.2) is 0 Å². The van der Waals surface area contributed by atoms with Crippen LogP contribution >= 0.6 is 11.3 Å². The van der Waals surface area contributed by atoms with Gasteiger partial charge in [0, 0.05) is 29.9 Å². The van der Waals surface area contributed by atoms with E-state index in [1.807, 2.05) is 37.4 Å². The molecule has 3 aromatic rings. The SMILES string of the molecule is Cc1ncc(CN2CCCC(C(=O)Nc3cccc(-c4ccc(F)cc4)c3)C2)s1. The Morgan fingerprint density at radius 3 is 2.83 bits per heavy atom. The van der Waals surface area contributed by atoms with Crippen LogP contribution in [0.1, 0.15) is 22.7 Å². The van der Waals surface area contributed by atoms with E-state index in [2.05, 4.69) is 15.2 Å². The maximum absolute atomic E-state index is 13.2. The molecule has 1 unspecified atom stereocenters. The molecule has 6 heteroatoms. The summed E-state index contributed by atoms with van der Waals surface area (Å²) in [5.41, 5.74) is 2.65. The van der Waals surface area contributed by atoms with Gasteiger partial charge in [-0.2, -0.15) is 0 Å². The molecule has 0 aliphatic carbocycles. The molecule has 1 aliphatic heterocycles. The summed E-state index contributed by atoms with van der Waals surface area (Å²) in [7, 11) is 0. The van der Waals surface area contributed by atoms with Crippen molar-refractivity contribution in [3.05, 3.63) is 70.4 Å². The van der Waals surface area contributed by atoms with Gasteiger partial charge in [-0.3, -0.25) is 9.69 Å². The average molecular weight is 410 g/mol. The number of carbonyl (C=O) groups excluding carboxylic acids is 1. The minimum absolute atomic E-state index is 0.0211. The zero-order valence-corrected chi connectivity index (χ0v) is 17.2. The molecule has 4 rings (SSSR count). The Morgan fingerprint density at radius 1 is 1.24 bits per heavy atom. The number of aryl methyl sites for hydroxylation is 1. The van der Waals surface area contributed by atoms with E-state index in [0.29, 0.717) is 0 Å². The van der Waals surface area contributed by atoms with E-state index < -0.39 is 0 Å². The van der Waals surface area contributed by atoms with E-state index >= 15 is 0 Å². The van der Waals surface area contributed by atoms with E-state index in [-0.39, 0.29) is 17.6 Å². The predicted molar refractivity (Wildman–Crippen MR) is 115 cm³/mol. The fraction of sp³-hybridized carbons (Fsp3) is 0.304. The molecule has 2 aromatic carbocycles. The first-order chi connectivity index (χ1) is 14.1. The van der Waals surface area contributed by atoms with Crippen LogP contribution in [-0.2, 0) is 11.3 Å². The lowest BCUT2D eigenvalue weighted by atomic mass is 9.97. The summed E-state index contributed by atoms with van der Waals surface area (Å²) in [6, 6.07) is 14.1. The highest BCUT2D eigenvalue weighted by molar-refractivity contribution is 7.11. The van der Waals surface area contributed by atoms with Gasteiger partial charge in [-0.05, 0) is 61.7 Å². The van der Waals surface area contributed by atoms with Crippen molar-refractivity contribution in [1.82, 2.24) is 9.88 Å². The second kappa shape index (κ2) is 8.84. The second-order valence-corrected chi connectivity index (χ2v) is 8.82. The summed E-state index contributed by atoms with van der Waals surface area (Å²) in [5, 5.41) is 4.15. The van der Waals surface area contributed by atoms with Crippen molar-refractivity contribution in [2.45, 2.75) is 26.3 Å². The monoisotopic (exact) mass is 409 g/mol. The third-order valence-corrected chi connectivity index (χ3v) is 6.13. The van der Waals surface area contributed by atoms with E-state index in [1.54, 1.807) is 23.5 Å². The Bertz CT molecular complexity index is 986. The second-order valence-electron chi connectivity index (χ2n) is 7.50. The zero-order valence-electron chi connectivity index (χ0n) is 16.4. The molecule has 1 amide bonds. The number of piperidine rings is 1. The molecule has 0 saturated carbocycles. The largest absolute Gasteiger partial charge is 0.326 e. The van der Waals surface area contributed by atoms with E-state index in [1.165, 1.54) is 17.0 Å². The Hall–Kier alpha value is -2.57. The summed E-state index contributed by atoms with van der Waals surface area (Å²) in [4.78, 5) is 20.8. The molecule has 1 aliphatic rings. The number of nitrogens with zero attached hydrogens (tertiary/aromatic N) is 2. The normalized spacial score (nSPS) is 17.2. The third kappa shape index (κ3) is 5.08. The molecule has 1 fully saturated rings. The van der Waals surface area contributed by atoms with Crippen LogP contribution in [0.25, 0.3) is 11.1 Å². The van der Waals surface area contributed by atoms with Crippen LogP contribution in [-0.4, -0.2) is 28.9 Å². The van der Waals surface area contributed by atoms with Crippen molar-refractivity contribution in [1.29, 1.82) is 0 Å². The van der Waals surface area contributed by atoms with Crippen molar-refractivity contribution < 1.29 is 9.18 Å². The number of anilines is 1. The number of hydrogen-bond donors (Lipinski definition) is 1. The molecular formula is C23H24FN3OS. The maximum atomic E-state index is 13.2. The number of amides is 1. The minimum Gasteiger partial charge on any atom is -0.326 e. The third-order valence-electron chi connectivity index (χ3n) is 5.23. The summed E-state index contributed by atoms with van der Waals surface area (Å²) in [6.45, 7) is 4.65. The lowest BCUT2D eigenvalue weighted by Gasteiger charge is -2.31. The van der Waals surface area contributed by atoms with Crippen LogP contribution in [0.4, 0.5) is 10.1 Å². The van der Waals surface area contributed by atoms with E-state index in [0.717, 1.165) is 54.3 Å². The number of carbonyl (C=O) groups is 1. The Labute approximate surface area is 174 Å². The van der Waals surface area contributed by atoms with Crippen molar-refractivity contribution in [2.75, 3.05) is 18.4 Å². The molecule has 150 valence electrons. The smallest absolute Gasteiger partial charge is 0.228 e. The van der Waals surface area contributed by atoms with Gasteiger partial charge in [-0.1, -0.05) is 24.3 Å². The number of benzene rings is 2. The molecule has 0 spiro atoms. The summed E-state index contributed by atoms with van der Waals surface area (Å²) in [6.07, 6.45) is 3.86. The van der Waals surface area contributed by atoms with Crippen LogP contribution in [0.3, 0.4) is 0 Å². The van der Waals surface area contributed by atoms with Gasteiger partial charge in [-0.25, -0.2) is 9.37 Å². The minimum atomic E-state index is -0.256. The molecule has 1 saturated heterocycles. The Kier molecular flexibility index (Phi) is 6.02. The van der Waals surface area contributed by atoms with Gasteiger partial charge in [0.25, 0.3) is 0 Å². The number of hydrogen-bond acceptors (Lipinski definition) is 4. The molecular weight excluding hydrogens is 385 g/mol. The van der Waals surface area contributed by atoms with Crippen molar-refractivity contribution >= 4 is 22.9 Å². The number of likely N-dealkylation sites (tertiary alicyclic amines) is 1. The van der Waals surface area contributed by atoms with Crippen LogP contribution in [0.2, 0.25) is 0 Å². The van der Waals surface area contributed by atoms with Crippen LogP contribution in [0.15, 0.2) is 54.7 Å². The van der Waals surface area contributed by atoms with E-state index in [9.17, 15) is 9.18 Å². The quantitative estimate of drug-likeness (QED) is 0.637. The van der Waals surface area contributed by atoms with Gasteiger partial charge < -0.3 is 5.32 Å². The fourth-order valence-electron chi connectivity index (χ4n) is 3.78. The zero-order chi connectivity index (χ0) is 20.2. The van der Waals surface area contributed by atoms with Crippen LogP contribution in [0, 0.1) is 18.7 Å². The summed E-state index contributed by atoms with van der Waals surface area (Å²) in [5.74, 6) is -0.216. The molecule has 29 heavy (non-hydrogen) atoms. The van der Waals surface area contributed by atoms with Gasteiger partial charge in [-0.15, -0.1) is 11.3 Å². The first kappa shape index (κ1) is 19.7. The lowest BCUT2D eigenvalue weighted by molar-refractivity contribution is -0.121. The number of nitrogens with one attached hydrogen (secondary N) is 1. The van der Waals surface area contributed by atoms with Gasteiger partial charge in [0.1, 0.15) is 5.82 Å². The predicted octanol–water partition coefficient (Wildman–Crippen LogP) is 5.11. The van der Waals surface area contributed by atoms with Crippen molar-refractivity contribution in [3.8, 4) is 11.1 Å². The first-order valence-electron chi connectivity index (χ1n) is 9.87. The van der Waals surface area contributed by atoms with Crippen LogP contribution in [0.5, 0.6) is 0 Å². The first-order valence-corrected chi connectivity index (χ1v) is 10.7. The van der Waals surface area contributed by atoms with Crippen molar-refractivity contribution in [2.24, 2.45) is 5.92 Å². The highest BCUT2D eigenvalue weighted by Gasteiger charge is 2.26. The number of thiazole rings is 1. The van der Waals surface area contributed by atoms with E-state index in [4.69, 9.17) is 0 Å². The molecule has 1 aromatic heterocycles. The highest BCUT2D eigenvalue weighted by atomic mass is 32.1. The number of rotatable bonds is 5. The number of halogens is 1. The summed E-state index contributed by atoms with van der Waals surface area (Å²) < 4.78 is 13.2. The van der Waals surface area contributed by atoms with Crippen molar-refractivity contribution in [3.63, 3.8) is 0 Å². The Balaban J connectivity index is 1.39.